The van der Waals surface area contributed by atoms with Gasteiger partial charge in [-0.25, -0.2) is 0 Å². The predicted octanol–water partition coefficient (Wildman–Crippen LogP) is 1.23. The number of rotatable bonds is 5. The van der Waals surface area contributed by atoms with E-state index in [9.17, 15) is 9.59 Å². The van der Waals surface area contributed by atoms with E-state index in [1.165, 1.54) is 0 Å². The Hall–Kier alpha value is -1.59. The fourth-order valence-electron chi connectivity index (χ4n) is 2.47. The van der Waals surface area contributed by atoms with Gasteiger partial charge in [-0.05, 0) is 32.6 Å². The lowest BCUT2D eigenvalue weighted by Gasteiger charge is -2.20. The van der Waals surface area contributed by atoms with Crippen LogP contribution in [0.25, 0.3) is 0 Å². The van der Waals surface area contributed by atoms with Crippen molar-refractivity contribution in [1.82, 2.24) is 15.1 Å². The van der Waals surface area contributed by atoms with Gasteiger partial charge in [-0.2, -0.15) is 0 Å². The van der Waals surface area contributed by atoms with Gasteiger partial charge in [-0.3, -0.25) is 14.5 Å². The molecule has 114 valence electrons. The fraction of sp³-hybridized carbons (Fsp3) is 0.467. The van der Waals surface area contributed by atoms with E-state index >= 15 is 0 Å². The normalized spacial score (nSPS) is 18.4. The summed E-state index contributed by atoms with van der Waals surface area (Å²) in [5.74, 6) is -0.0802. The standard InChI is InChI=1S/C15H20ClN3O2/c1-18(2)13-7-9-19(15(13)21)10-8-17-14(20)11-5-3-4-6-12(11)16/h3-6,13H,7-10H2,1-2H3,(H,17,20). The maximum atomic E-state index is 12.1. The van der Waals surface area contributed by atoms with Gasteiger partial charge in [0.05, 0.1) is 16.6 Å². The average molecular weight is 310 g/mol. The third-order valence-electron chi connectivity index (χ3n) is 3.68. The summed E-state index contributed by atoms with van der Waals surface area (Å²) in [6, 6.07) is 6.88. The van der Waals surface area contributed by atoms with Crippen molar-refractivity contribution in [1.29, 1.82) is 0 Å². The first kappa shape index (κ1) is 15.8. The molecule has 21 heavy (non-hydrogen) atoms. The molecule has 1 fully saturated rings. The van der Waals surface area contributed by atoms with E-state index in [0.717, 1.165) is 13.0 Å². The van der Waals surface area contributed by atoms with Crippen molar-refractivity contribution in [3.8, 4) is 0 Å². The van der Waals surface area contributed by atoms with Crippen molar-refractivity contribution in [3.05, 3.63) is 34.9 Å². The number of amides is 2. The first-order valence-corrected chi connectivity index (χ1v) is 7.36. The van der Waals surface area contributed by atoms with Gasteiger partial charge in [-0.15, -0.1) is 0 Å². The number of nitrogens with one attached hydrogen (secondary N) is 1. The molecule has 0 aromatic heterocycles. The first-order chi connectivity index (χ1) is 10.0. The molecule has 0 saturated carbocycles. The Kier molecular flexibility index (Phi) is 5.20. The van der Waals surface area contributed by atoms with Gasteiger partial charge in [0.25, 0.3) is 5.91 Å². The fourth-order valence-corrected chi connectivity index (χ4v) is 2.69. The number of nitrogens with zero attached hydrogens (tertiary/aromatic N) is 2. The Labute approximate surface area is 129 Å². The minimum absolute atomic E-state index is 0.0377. The van der Waals surface area contributed by atoms with Crippen LogP contribution in [0.3, 0.4) is 0 Å². The Morgan fingerprint density at radius 2 is 2.14 bits per heavy atom. The summed E-state index contributed by atoms with van der Waals surface area (Å²) in [7, 11) is 3.82. The molecule has 1 aromatic rings. The summed E-state index contributed by atoms with van der Waals surface area (Å²) < 4.78 is 0. The van der Waals surface area contributed by atoms with Crippen molar-refractivity contribution >= 4 is 23.4 Å². The molecule has 0 bridgehead atoms. The predicted molar refractivity (Wildman–Crippen MR) is 82.5 cm³/mol. The van der Waals surface area contributed by atoms with Crippen LogP contribution in [-0.4, -0.2) is 61.4 Å². The molecule has 1 unspecified atom stereocenters. The molecule has 2 amide bonds. The lowest BCUT2D eigenvalue weighted by molar-refractivity contribution is -0.131. The van der Waals surface area contributed by atoms with E-state index in [2.05, 4.69) is 5.32 Å². The highest BCUT2D eigenvalue weighted by molar-refractivity contribution is 6.33. The second-order valence-corrected chi connectivity index (χ2v) is 5.74. The average Bonchev–Trinajstić information content (AvgIpc) is 2.81. The van der Waals surface area contributed by atoms with Crippen LogP contribution in [0.2, 0.25) is 5.02 Å². The number of halogens is 1. The molecule has 1 atom stereocenters. The van der Waals surface area contributed by atoms with Crippen LogP contribution in [0.4, 0.5) is 0 Å². The van der Waals surface area contributed by atoms with E-state index < -0.39 is 0 Å². The molecule has 6 heteroatoms. The highest BCUT2D eigenvalue weighted by Crippen LogP contribution is 2.15. The summed E-state index contributed by atoms with van der Waals surface area (Å²) in [6.07, 6.45) is 0.838. The van der Waals surface area contributed by atoms with Gasteiger partial charge in [-0.1, -0.05) is 23.7 Å². The summed E-state index contributed by atoms with van der Waals surface area (Å²) >= 11 is 5.97. The number of hydrogen-bond donors (Lipinski definition) is 1. The second-order valence-electron chi connectivity index (χ2n) is 5.33. The van der Waals surface area contributed by atoms with Gasteiger partial charge < -0.3 is 10.2 Å². The zero-order valence-electron chi connectivity index (χ0n) is 12.3. The zero-order chi connectivity index (χ0) is 15.4. The van der Waals surface area contributed by atoms with Crippen LogP contribution < -0.4 is 5.32 Å². The van der Waals surface area contributed by atoms with E-state index in [1.54, 1.807) is 29.2 Å². The van der Waals surface area contributed by atoms with E-state index in [4.69, 9.17) is 11.6 Å². The van der Waals surface area contributed by atoms with Crippen molar-refractivity contribution in [2.24, 2.45) is 0 Å². The van der Waals surface area contributed by atoms with Gasteiger partial charge in [0.15, 0.2) is 0 Å². The molecule has 0 spiro atoms. The van der Waals surface area contributed by atoms with E-state index in [1.807, 2.05) is 19.0 Å². The Morgan fingerprint density at radius 1 is 1.43 bits per heavy atom. The van der Waals surface area contributed by atoms with Crippen LogP contribution in [0.1, 0.15) is 16.8 Å². The summed E-state index contributed by atoms with van der Waals surface area (Å²) in [6.45, 7) is 1.69. The molecule has 1 N–H and O–H groups in total. The molecule has 0 aliphatic carbocycles. The van der Waals surface area contributed by atoms with Crippen LogP contribution in [0.5, 0.6) is 0 Å². The minimum atomic E-state index is -0.212. The van der Waals surface area contributed by atoms with Crippen LogP contribution >= 0.6 is 11.6 Å². The summed E-state index contributed by atoms with van der Waals surface area (Å²) in [5.41, 5.74) is 0.457. The summed E-state index contributed by atoms with van der Waals surface area (Å²) in [5, 5.41) is 3.23. The summed E-state index contributed by atoms with van der Waals surface area (Å²) in [4.78, 5) is 27.8. The monoisotopic (exact) mass is 309 g/mol. The Balaban J connectivity index is 1.82. The van der Waals surface area contributed by atoms with Crippen LogP contribution in [0.15, 0.2) is 24.3 Å². The van der Waals surface area contributed by atoms with Crippen LogP contribution in [0, 0.1) is 0 Å². The highest BCUT2D eigenvalue weighted by Gasteiger charge is 2.32. The number of carbonyl (C=O) groups excluding carboxylic acids is 2. The number of likely N-dealkylation sites (N-methyl/N-ethyl adjacent to an activating group) is 1. The molecule has 1 aliphatic heterocycles. The molecule has 1 aromatic carbocycles. The quantitative estimate of drug-likeness (QED) is 0.890. The van der Waals surface area contributed by atoms with Crippen molar-refractivity contribution in [2.75, 3.05) is 33.7 Å². The molecule has 1 saturated heterocycles. The third kappa shape index (κ3) is 3.74. The Bertz CT molecular complexity index is 533. The third-order valence-corrected chi connectivity index (χ3v) is 4.01. The number of hydrogen-bond acceptors (Lipinski definition) is 3. The number of carbonyl (C=O) groups is 2. The molecular formula is C15H20ClN3O2. The first-order valence-electron chi connectivity index (χ1n) is 6.98. The van der Waals surface area contributed by atoms with Gasteiger partial charge in [0.1, 0.15) is 0 Å². The smallest absolute Gasteiger partial charge is 0.252 e. The molecule has 2 rings (SSSR count). The molecular weight excluding hydrogens is 290 g/mol. The van der Waals surface area contributed by atoms with E-state index in [0.29, 0.717) is 23.7 Å². The van der Waals surface area contributed by atoms with E-state index in [-0.39, 0.29) is 17.9 Å². The number of likely N-dealkylation sites (tertiary alicyclic amines) is 1. The van der Waals surface area contributed by atoms with Gasteiger partial charge >= 0.3 is 0 Å². The lowest BCUT2D eigenvalue weighted by Crippen LogP contribution is -2.40. The topological polar surface area (TPSA) is 52.6 Å². The molecule has 0 radical (unpaired) electrons. The van der Waals surface area contributed by atoms with Gasteiger partial charge in [0.2, 0.25) is 5.91 Å². The maximum absolute atomic E-state index is 12.1. The zero-order valence-corrected chi connectivity index (χ0v) is 13.1. The number of benzene rings is 1. The molecule has 1 aliphatic rings. The van der Waals surface area contributed by atoms with Crippen molar-refractivity contribution in [2.45, 2.75) is 12.5 Å². The van der Waals surface area contributed by atoms with Gasteiger partial charge in [0, 0.05) is 19.6 Å². The van der Waals surface area contributed by atoms with Crippen molar-refractivity contribution in [3.63, 3.8) is 0 Å². The lowest BCUT2D eigenvalue weighted by atomic mass is 10.2. The van der Waals surface area contributed by atoms with Crippen LogP contribution in [-0.2, 0) is 4.79 Å². The molecule has 1 heterocycles. The maximum Gasteiger partial charge on any atom is 0.252 e. The molecule has 5 nitrogen and oxygen atoms in total. The Morgan fingerprint density at radius 3 is 2.76 bits per heavy atom. The van der Waals surface area contributed by atoms with Crippen molar-refractivity contribution < 1.29 is 9.59 Å². The second kappa shape index (κ2) is 6.91. The SMILES string of the molecule is CN(C)C1CCN(CCNC(=O)c2ccccc2Cl)C1=O. The largest absolute Gasteiger partial charge is 0.350 e. The highest BCUT2D eigenvalue weighted by atomic mass is 35.5. The minimum Gasteiger partial charge on any atom is -0.350 e.